The first-order chi connectivity index (χ1) is 7.18. The molecule has 4 heteroatoms. The van der Waals surface area contributed by atoms with Crippen LogP contribution in [0.5, 0.6) is 0 Å². The van der Waals surface area contributed by atoms with Crippen LogP contribution in [0.2, 0.25) is 0 Å². The fraction of sp³-hybridized carbons (Fsp3) is 0.0909. The molecule has 4 nitrogen and oxygen atoms in total. The molecule has 1 aromatic heterocycles. The van der Waals surface area contributed by atoms with Crippen molar-refractivity contribution in [1.29, 1.82) is 0 Å². The van der Waals surface area contributed by atoms with Crippen molar-refractivity contribution in [2.75, 3.05) is 5.06 Å². The maximum absolute atomic E-state index is 11.3. The van der Waals surface area contributed by atoms with Gasteiger partial charge in [-0.25, -0.2) is 0 Å². The van der Waals surface area contributed by atoms with Gasteiger partial charge in [-0.3, -0.25) is 9.78 Å². The summed E-state index contributed by atoms with van der Waals surface area (Å²) in [4.78, 5) is 15.0. The molecule has 1 aromatic carbocycles. The zero-order chi connectivity index (χ0) is 10.8. The normalized spacial score (nSPS) is 10.3. The van der Waals surface area contributed by atoms with Gasteiger partial charge < -0.3 is 10.3 Å². The molecule has 2 rings (SSSR count). The van der Waals surface area contributed by atoms with Crippen molar-refractivity contribution in [1.82, 2.24) is 4.98 Å². The van der Waals surface area contributed by atoms with Crippen molar-refractivity contribution >= 4 is 22.5 Å². The standard InChI is InChI=1S/C11H9N2O2/c1-8(14)13(15)10-4-5-11-9(7-10)3-2-6-12-11/h2-7H,1H3/q-1. The summed E-state index contributed by atoms with van der Waals surface area (Å²) in [7, 11) is 0. The van der Waals surface area contributed by atoms with E-state index in [4.69, 9.17) is 0 Å². The summed E-state index contributed by atoms with van der Waals surface area (Å²) in [5.41, 5.74) is 1.14. The van der Waals surface area contributed by atoms with Crippen LogP contribution in [0.1, 0.15) is 6.92 Å². The molecule has 2 aromatic rings. The van der Waals surface area contributed by atoms with E-state index in [0.29, 0.717) is 10.8 Å². The summed E-state index contributed by atoms with van der Waals surface area (Å²) in [6.45, 7) is 1.24. The highest BCUT2D eigenvalue weighted by Gasteiger charge is 2.01. The van der Waals surface area contributed by atoms with Crippen LogP contribution in [0.25, 0.3) is 10.9 Å². The van der Waals surface area contributed by atoms with Gasteiger partial charge >= 0.3 is 0 Å². The molecule has 0 aliphatic rings. The summed E-state index contributed by atoms with van der Waals surface area (Å²) < 4.78 is 0. The number of hydroxylamine groups is 1. The molecule has 0 bridgehead atoms. The van der Waals surface area contributed by atoms with E-state index in [1.807, 2.05) is 6.07 Å². The third-order valence-corrected chi connectivity index (χ3v) is 2.11. The van der Waals surface area contributed by atoms with E-state index in [1.165, 1.54) is 6.92 Å². The lowest BCUT2D eigenvalue weighted by atomic mass is 10.2. The van der Waals surface area contributed by atoms with E-state index < -0.39 is 5.91 Å². The molecule has 0 atom stereocenters. The molecule has 15 heavy (non-hydrogen) atoms. The van der Waals surface area contributed by atoms with Crippen LogP contribution in [-0.4, -0.2) is 10.9 Å². The molecule has 0 radical (unpaired) electrons. The number of carbonyl (C=O) groups is 1. The van der Waals surface area contributed by atoms with Gasteiger partial charge in [-0.05, 0) is 24.3 Å². The Balaban J connectivity index is 2.51. The van der Waals surface area contributed by atoms with Gasteiger partial charge in [-0.15, -0.1) is 0 Å². The minimum absolute atomic E-state index is 0.336. The number of rotatable bonds is 1. The number of anilines is 1. The maximum Gasteiger partial charge on any atom is 0.213 e. The number of benzene rings is 1. The third kappa shape index (κ3) is 1.80. The lowest BCUT2D eigenvalue weighted by Crippen LogP contribution is -2.20. The molecule has 0 fully saturated rings. The van der Waals surface area contributed by atoms with Gasteiger partial charge in [0.25, 0.3) is 0 Å². The van der Waals surface area contributed by atoms with E-state index >= 15 is 0 Å². The molecular weight excluding hydrogens is 192 g/mol. The van der Waals surface area contributed by atoms with E-state index in [9.17, 15) is 10.0 Å². The van der Waals surface area contributed by atoms with Crippen LogP contribution in [0.4, 0.5) is 5.69 Å². The average Bonchev–Trinajstić information content (AvgIpc) is 2.27. The van der Waals surface area contributed by atoms with Crippen LogP contribution in [-0.2, 0) is 4.79 Å². The number of nitrogens with zero attached hydrogens (tertiary/aromatic N) is 2. The largest absolute Gasteiger partial charge is 0.752 e. The molecule has 0 aliphatic heterocycles. The Morgan fingerprint density at radius 1 is 1.40 bits per heavy atom. The Labute approximate surface area is 86.7 Å². The van der Waals surface area contributed by atoms with Crippen LogP contribution in [0.15, 0.2) is 36.5 Å². The fourth-order valence-electron chi connectivity index (χ4n) is 1.37. The Morgan fingerprint density at radius 2 is 2.20 bits per heavy atom. The van der Waals surface area contributed by atoms with Crippen molar-refractivity contribution in [3.63, 3.8) is 0 Å². The molecule has 0 unspecified atom stereocenters. The first-order valence-corrected chi connectivity index (χ1v) is 4.51. The summed E-state index contributed by atoms with van der Waals surface area (Å²) in [6, 6.07) is 8.59. The quantitative estimate of drug-likeness (QED) is 0.664. The van der Waals surface area contributed by atoms with Gasteiger partial charge in [0.15, 0.2) is 0 Å². The molecular formula is C11H9N2O2-. The van der Waals surface area contributed by atoms with Gasteiger partial charge in [0.2, 0.25) is 5.91 Å². The second-order valence-electron chi connectivity index (χ2n) is 3.19. The number of carbonyl (C=O) groups excluding carboxylic acids is 1. The average molecular weight is 201 g/mol. The van der Waals surface area contributed by atoms with Crippen molar-refractivity contribution in [2.45, 2.75) is 6.92 Å². The zero-order valence-electron chi connectivity index (χ0n) is 8.18. The first-order valence-electron chi connectivity index (χ1n) is 4.51. The van der Waals surface area contributed by atoms with E-state index in [2.05, 4.69) is 4.98 Å². The number of hydrogen-bond donors (Lipinski definition) is 0. The van der Waals surface area contributed by atoms with Crippen LogP contribution in [0, 0.1) is 5.21 Å². The van der Waals surface area contributed by atoms with Crippen molar-refractivity contribution in [2.24, 2.45) is 0 Å². The van der Waals surface area contributed by atoms with Crippen LogP contribution in [0.3, 0.4) is 0 Å². The lowest BCUT2D eigenvalue weighted by Gasteiger charge is -2.26. The summed E-state index contributed by atoms with van der Waals surface area (Å²) in [6.07, 6.45) is 1.68. The second-order valence-corrected chi connectivity index (χ2v) is 3.19. The number of amides is 1. The Hall–Kier alpha value is -1.94. The fourth-order valence-corrected chi connectivity index (χ4v) is 1.37. The molecule has 0 saturated carbocycles. The number of pyridine rings is 1. The number of aromatic nitrogens is 1. The Morgan fingerprint density at radius 3 is 2.93 bits per heavy atom. The minimum atomic E-state index is -0.529. The molecule has 0 spiro atoms. The molecule has 1 heterocycles. The third-order valence-electron chi connectivity index (χ3n) is 2.11. The molecule has 0 saturated heterocycles. The van der Waals surface area contributed by atoms with Crippen molar-refractivity contribution < 1.29 is 4.79 Å². The highest BCUT2D eigenvalue weighted by Crippen LogP contribution is 2.20. The van der Waals surface area contributed by atoms with E-state index in [0.717, 1.165) is 10.9 Å². The highest BCUT2D eigenvalue weighted by atomic mass is 16.5. The smallest absolute Gasteiger partial charge is 0.213 e. The van der Waals surface area contributed by atoms with Gasteiger partial charge in [-0.1, -0.05) is 6.07 Å². The monoisotopic (exact) mass is 201 g/mol. The summed E-state index contributed by atoms with van der Waals surface area (Å²) in [5.74, 6) is -0.529. The van der Waals surface area contributed by atoms with E-state index in [-0.39, 0.29) is 0 Å². The number of fused-ring (bicyclic) bond motifs is 1. The number of hydrogen-bond acceptors (Lipinski definition) is 3. The molecule has 0 N–H and O–H groups in total. The van der Waals surface area contributed by atoms with Crippen LogP contribution < -0.4 is 5.06 Å². The molecule has 1 amide bonds. The SMILES string of the molecule is CC(=O)N([O-])c1ccc2ncccc2c1. The van der Waals surface area contributed by atoms with Gasteiger partial charge in [0.05, 0.1) is 5.52 Å². The van der Waals surface area contributed by atoms with E-state index in [1.54, 1.807) is 30.5 Å². The van der Waals surface area contributed by atoms with Crippen molar-refractivity contribution in [3.8, 4) is 0 Å². The summed E-state index contributed by atoms with van der Waals surface area (Å²) in [5, 5.41) is 12.5. The predicted molar refractivity (Wildman–Crippen MR) is 58.3 cm³/mol. The Kier molecular flexibility index (Phi) is 2.35. The maximum atomic E-state index is 11.3. The van der Waals surface area contributed by atoms with Gasteiger partial charge in [-0.2, -0.15) is 0 Å². The zero-order valence-corrected chi connectivity index (χ0v) is 8.18. The second kappa shape index (κ2) is 3.67. The Bertz CT molecular complexity index is 511. The van der Waals surface area contributed by atoms with Crippen LogP contribution >= 0.6 is 0 Å². The minimum Gasteiger partial charge on any atom is -0.752 e. The van der Waals surface area contributed by atoms with Gasteiger partial charge in [0, 0.05) is 24.2 Å². The first kappa shape index (κ1) is 9.61. The van der Waals surface area contributed by atoms with Crippen molar-refractivity contribution in [3.05, 3.63) is 41.7 Å². The summed E-state index contributed by atoms with van der Waals surface area (Å²) >= 11 is 0. The lowest BCUT2D eigenvalue weighted by molar-refractivity contribution is -0.116. The van der Waals surface area contributed by atoms with Gasteiger partial charge in [0.1, 0.15) is 0 Å². The predicted octanol–water partition coefficient (Wildman–Crippen LogP) is 2.09. The molecule has 0 aliphatic carbocycles. The molecule has 76 valence electrons. The topological polar surface area (TPSA) is 56.3 Å². The highest BCUT2D eigenvalue weighted by molar-refractivity contribution is 5.94.